The number of nitrogens with zero attached hydrogens (tertiary/aromatic N) is 1. The van der Waals surface area contributed by atoms with Crippen molar-refractivity contribution in [2.45, 2.75) is 25.5 Å². The third-order valence-electron chi connectivity index (χ3n) is 3.27. The van der Waals surface area contributed by atoms with E-state index in [0.29, 0.717) is 5.69 Å². The minimum Gasteiger partial charge on any atom is -0.480 e. The van der Waals surface area contributed by atoms with Crippen LogP contribution in [-0.4, -0.2) is 45.8 Å². The summed E-state index contributed by atoms with van der Waals surface area (Å²) in [6, 6.07) is 3.93. The minimum absolute atomic E-state index is 0.0237. The number of β-amino-alcohol motifs (C(OH)–C–C–N with tert-alkyl or cyclic N) is 1. The first kappa shape index (κ1) is 14.8. The van der Waals surface area contributed by atoms with E-state index in [9.17, 15) is 14.7 Å². The molecular weight excluding hydrogens is 328 g/mol. The van der Waals surface area contributed by atoms with Crippen LogP contribution >= 0.6 is 15.9 Å². The highest BCUT2D eigenvalue weighted by Gasteiger charge is 2.39. The summed E-state index contributed by atoms with van der Waals surface area (Å²) in [5.74, 6) is -1.11. The summed E-state index contributed by atoms with van der Waals surface area (Å²) in [4.78, 5) is 24.4. The van der Waals surface area contributed by atoms with Gasteiger partial charge in [-0.05, 0) is 24.6 Å². The Morgan fingerprint density at radius 2 is 2.15 bits per heavy atom. The van der Waals surface area contributed by atoms with Gasteiger partial charge in [0.05, 0.1) is 6.10 Å². The van der Waals surface area contributed by atoms with Crippen LogP contribution in [0.2, 0.25) is 0 Å². The van der Waals surface area contributed by atoms with E-state index in [4.69, 9.17) is 5.11 Å². The second kappa shape index (κ2) is 5.80. The van der Waals surface area contributed by atoms with Crippen LogP contribution in [0.15, 0.2) is 22.7 Å². The summed E-state index contributed by atoms with van der Waals surface area (Å²) in [5, 5.41) is 21.3. The minimum atomic E-state index is -1.11. The average Bonchev–Trinajstić information content (AvgIpc) is 2.76. The van der Waals surface area contributed by atoms with Crippen LogP contribution < -0.4 is 5.32 Å². The predicted octanol–water partition coefficient (Wildman–Crippen LogP) is 1.81. The normalized spacial score (nSPS) is 21.9. The fourth-order valence-electron chi connectivity index (χ4n) is 2.19. The molecule has 0 aliphatic carbocycles. The SMILES string of the molecule is Cc1ccc(Br)cc1NC(=O)N1C[C@H](O)C[C@H]1C(=O)O. The molecule has 6 nitrogen and oxygen atoms in total. The van der Waals surface area contributed by atoms with Gasteiger partial charge >= 0.3 is 12.0 Å². The van der Waals surface area contributed by atoms with Crippen molar-refractivity contribution in [2.24, 2.45) is 0 Å². The molecule has 1 aromatic rings. The molecule has 20 heavy (non-hydrogen) atoms. The van der Waals surface area contributed by atoms with Gasteiger partial charge < -0.3 is 20.4 Å². The number of aryl methyl sites for hydroxylation is 1. The topological polar surface area (TPSA) is 89.9 Å². The van der Waals surface area contributed by atoms with Crippen LogP contribution in [0.5, 0.6) is 0 Å². The van der Waals surface area contributed by atoms with Gasteiger partial charge in [-0.15, -0.1) is 0 Å². The zero-order chi connectivity index (χ0) is 14.9. The molecule has 1 aliphatic rings. The van der Waals surface area contributed by atoms with Crippen molar-refractivity contribution in [3.05, 3.63) is 28.2 Å². The number of aliphatic carboxylic acids is 1. The van der Waals surface area contributed by atoms with Crippen molar-refractivity contribution >= 4 is 33.6 Å². The quantitative estimate of drug-likeness (QED) is 0.764. The van der Waals surface area contributed by atoms with E-state index < -0.39 is 24.1 Å². The number of urea groups is 1. The molecule has 3 N–H and O–H groups in total. The number of carboxylic acids is 1. The second-order valence-electron chi connectivity index (χ2n) is 4.79. The first-order valence-electron chi connectivity index (χ1n) is 6.13. The lowest BCUT2D eigenvalue weighted by Gasteiger charge is -2.22. The Morgan fingerprint density at radius 1 is 1.45 bits per heavy atom. The maximum Gasteiger partial charge on any atom is 0.326 e. The molecule has 108 valence electrons. The largest absolute Gasteiger partial charge is 0.480 e. The molecule has 1 aliphatic heterocycles. The van der Waals surface area contributed by atoms with Crippen LogP contribution in [0.25, 0.3) is 0 Å². The Hall–Kier alpha value is -1.60. The van der Waals surface area contributed by atoms with Crippen molar-refractivity contribution < 1.29 is 19.8 Å². The summed E-state index contributed by atoms with van der Waals surface area (Å²) < 4.78 is 0.814. The first-order valence-corrected chi connectivity index (χ1v) is 6.92. The fourth-order valence-corrected chi connectivity index (χ4v) is 2.55. The Bertz CT molecular complexity index is 549. The highest BCUT2D eigenvalue weighted by molar-refractivity contribution is 9.10. The standard InChI is InChI=1S/C13H15BrN2O4/c1-7-2-3-8(14)4-10(7)15-13(20)16-6-9(17)5-11(16)12(18)19/h2-4,9,11,17H,5-6H2,1H3,(H,15,20)(H,18,19)/t9-,11+/m1/s1. The third-order valence-corrected chi connectivity index (χ3v) is 3.76. The van der Waals surface area contributed by atoms with Gasteiger partial charge in [0, 0.05) is 23.1 Å². The van der Waals surface area contributed by atoms with E-state index in [1.54, 1.807) is 6.07 Å². The van der Waals surface area contributed by atoms with Gasteiger partial charge in [-0.1, -0.05) is 22.0 Å². The molecule has 0 radical (unpaired) electrons. The van der Waals surface area contributed by atoms with E-state index in [-0.39, 0.29) is 13.0 Å². The number of carbonyl (C=O) groups excluding carboxylic acids is 1. The van der Waals surface area contributed by atoms with Gasteiger partial charge in [0.25, 0.3) is 0 Å². The first-order chi connectivity index (χ1) is 9.38. The van der Waals surface area contributed by atoms with Crippen molar-refractivity contribution in [1.29, 1.82) is 0 Å². The number of nitrogens with one attached hydrogen (secondary N) is 1. The number of benzene rings is 1. The molecule has 1 saturated heterocycles. The van der Waals surface area contributed by atoms with Gasteiger partial charge in [0.2, 0.25) is 0 Å². The van der Waals surface area contributed by atoms with E-state index in [2.05, 4.69) is 21.2 Å². The summed E-state index contributed by atoms with van der Waals surface area (Å²) in [5.41, 5.74) is 1.48. The van der Waals surface area contributed by atoms with Gasteiger partial charge in [0.15, 0.2) is 0 Å². The van der Waals surface area contributed by atoms with Crippen molar-refractivity contribution in [3.8, 4) is 0 Å². The van der Waals surface area contributed by atoms with Crippen molar-refractivity contribution in [3.63, 3.8) is 0 Å². The molecule has 1 aromatic carbocycles. The number of hydrogen-bond donors (Lipinski definition) is 3. The number of anilines is 1. The van der Waals surface area contributed by atoms with Crippen LogP contribution in [-0.2, 0) is 4.79 Å². The monoisotopic (exact) mass is 342 g/mol. The van der Waals surface area contributed by atoms with Crippen LogP contribution in [0.3, 0.4) is 0 Å². The number of aliphatic hydroxyl groups is 1. The highest BCUT2D eigenvalue weighted by atomic mass is 79.9. The molecule has 7 heteroatoms. The molecule has 2 rings (SSSR count). The molecule has 1 heterocycles. The lowest BCUT2D eigenvalue weighted by Crippen LogP contribution is -2.43. The Morgan fingerprint density at radius 3 is 2.80 bits per heavy atom. The van der Waals surface area contributed by atoms with Crippen LogP contribution in [0, 0.1) is 6.92 Å². The van der Waals surface area contributed by atoms with Crippen LogP contribution in [0.1, 0.15) is 12.0 Å². The number of carboxylic acid groups (broad SMARTS) is 1. The maximum absolute atomic E-state index is 12.2. The van der Waals surface area contributed by atoms with E-state index in [1.165, 1.54) is 0 Å². The van der Waals surface area contributed by atoms with Crippen LogP contribution in [0.4, 0.5) is 10.5 Å². The van der Waals surface area contributed by atoms with Crippen molar-refractivity contribution in [1.82, 2.24) is 4.90 Å². The molecule has 0 unspecified atom stereocenters. The van der Waals surface area contributed by atoms with E-state index >= 15 is 0 Å². The molecule has 0 bridgehead atoms. The molecule has 0 saturated carbocycles. The highest BCUT2D eigenvalue weighted by Crippen LogP contribution is 2.23. The molecule has 1 fully saturated rings. The van der Waals surface area contributed by atoms with Gasteiger partial charge in [-0.2, -0.15) is 0 Å². The van der Waals surface area contributed by atoms with Gasteiger partial charge in [-0.3, -0.25) is 0 Å². The Balaban J connectivity index is 2.15. The molecule has 2 atom stereocenters. The summed E-state index contributed by atoms with van der Waals surface area (Å²) in [7, 11) is 0. The molecular formula is C13H15BrN2O4. The molecule has 0 aromatic heterocycles. The Labute approximate surface area is 124 Å². The fraction of sp³-hybridized carbons (Fsp3) is 0.385. The Kier molecular flexibility index (Phi) is 4.29. The van der Waals surface area contributed by atoms with E-state index in [1.807, 2.05) is 19.1 Å². The number of amides is 2. The molecule has 2 amide bonds. The number of likely N-dealkylation sites (tertiary alicyclic amines) is 1. The zero-order valence-electron chi connectivity index (χ0n) is 10.8. The van der Waals surface area contributed by atoms with Crippen molar-refractivity contribution in [2.75, 3.05) is 11.9 Å². The van der Waals surface area contributed by atoms with Gasteiger partial charge in [-0.25, -0.2) is 9.59 Å². The molecule has 0 spiro atoms. The van der Waals surface area contributed by atoms with E-state index in [0.717, 1.165) is 14.9 Å². The summed E-state index contributed by atoms with van der Waals surface area (Å²) in [6.07, 6.45) is -0.745. The van der Waals surface area contributed by atoms with Gasteiger partial charge in [0.1, 0.15) is 6.04 Å². The lowest BCUT2D eigenvalue weighted by molar-refractivity contribution is -0.141. The number of hydrogen-bond acceptors (Lipinski definition) is 3. The smallest absolute Gasteiger partial charge is 0.326 e. The third kappa shape index (κ3) is 3.10. The number of aliphatic hydroxyl groups excluding tert-OH is 1. The second-order valence-corrected chi connectivity index (χ2v) is 5.70. The predicted molar refractivity (Wildman–Crippen MR) is 76.7 cm³/mol. The zero-order valence-corrected chi connectivity index (χ0v) is 12.4. The summed E-state index contributed by atoms with van der Waals surface area (Å²) in [6.45, 7) is 1.87. The number of rotatable bonds is 2. The summed E-state index contributed by atoms with van der Waals surface area (Å²) >= 11 is 3.32. The average molecular weight is 343 g/mol. The lowest BCUT2D eigenvalue weighted by atomic mass is 10.2. The number of halogens is 1. The number of carbonyl (C=O) groups is 2. The maximum atomic E-state index is 12.2.